The predicted molar refractivity (Wildman–Crippen MR) is 123 cm³/mol. The first-order valence-electron chi connectivity index (χ1n) is 8.97. The fraction of sp³-hybridized carbons (Fsp3) is 0.182. The van der Waals surface area contributed by atoms with Gasteiger partial charge in [-0.1, -0.05) is 33.6 Å². The third-order valence-electron chi connectivity index (χ3n) is 4.10. The lowest BCUT2D eigenvalue weighted by Gasteiger charge is -2.16. The second-order valence-electron chi connectivity index (χ2n) is 6.22. The molecule has 0 unspecified atom stereocenters. The summed E-state index contributed by atoms with van der Waals surface area (Å²) in [5.74, 6) is 0.838. The van der Waals surface area contributed by atoms with Gasteiger partial charge in [-0.25, -0.2) is 4.39 Å². The van der Waals surface area contributed by atoms with E-state index in [9.17, 15) is 4.39 Å². The van der Waals surface area contributed by atoms with Crippen molar-refractivity contribution in [2.75, 3.05) is 11.9 Å². The molecule has 0 fully saturated rings. The van der Waals surface area contributed by atoms with Crippen LogP contribution < -0.4 is 14.8 Å². The van der Waals surface area contributed by atoms with Gasteiger partial charge in [0.05, 0.1) is 16.1 Å². The molecule has 3 nitrogen and oxygen atoms in total. The van der Waals surface area contributed by atoms with Gasteiger partial charge in [0.15, 0.2) is 11.5 Å². The van der Waals surface area contributed by atoms with Crippen LogP contribution in [0.5, 0.6) is 11.5 Å². The first-order chi connectivity index (χ1) is 14.0. The van der Waals surface area contributed by atoms with Gasteiger partial charge in [-0.3, -0.25) is 0 Å². The number of anilines is 1. The molecule has 1 N–H and O–H groups in total. The highest BCUT2D eigenvalue weighted by atomic mass is 79.9. The topological polar surface area (TPSA) is 30.5 Å². The summed E-state index contributed by atoms with van der Waals surface area (Å²) < 4.78 is 26.8. The van der Waals surface area contributed by atoms with E-state index in [2.05, 4.69) is 37.2 Å². The van der Waals surface area contributed by atoms with Crippen molar-refractivity contribution in [3.63, 3.8) is 0 Å². The van der Waals surface area contributed by atoms with Gasteiger partial charge in [0, 0.05) is 22.3 Å². The van der Waals surface area contributed by atoms with Crippen LogP contribution in [0.2, 0.25) is 5.02 Å². The molecule has 152 valence electrons. The molecule has 0 spiro atoms. The number of halogens is 4. The zero-order valence-corrected chi connectivity index (χ0v) is 19.6. The molecule has 0 amide bonds. The fourth-order valence-electron chi connectivity index (χ4n) is 2.69. The standard InChI is InChI=1S/C22H19Br2ClFNO2/c1-2-28-21-10-14(12-27-18-7-4-16(23)5-8-18)9-19(24)22(21)29-13-15-3-6-17(26)11-20(15)25/h3-11,27H,2,12-13H2,1H3. The van der Waals surface area contributed by atoms with Crippen LogP contribution >= 0.6 is 43.5 Å². The van der Waals surface area contributed by atoms with Crippen LogP contribution in [-0.4, -0.2) is 6.61 Å². The van der Waals surface area contributed by atoms with E-state index in [0.717, 1.165) is 20.2 Å². The summed E-state index contributed by atoms with van der Waals surface area (Å²) in [4.78, 5) is 0. The maximum atomic E-state index is 13.2. The number of hydrogen-bond donors (Lipinski definition) is 1. The van der Waals surface area contributed by atoms with Crippen molar-refractivity contribution >= 4 is 49.1 Å². The largest absolute Gasteiger partial charge is 0.490 e. The Labute approximate surface area is 191 Å². The molecule has 7 heteroatoms. The minimum Gasteiger partial charge on any atom is -0.490 e. The molecule has 0 saturated carbocycles. The molecule has 0 aliphatic carbocycles. The second-order valence-corrected chi connectivity index (χ2v) is 8.40. The highest BCUT2D eigenvalue weighted by Gasteiger charge is 2.14. The van der Waals surface area contributed by atoms with Gasteiger partial charge in [-0.2, -0.15) is 0 Å². The van der Waals surface area contributed by atoms with Gasteiger partial charge in [0.25, 0.3) is 0 Å². The average molecular weight is 544 g/mol. The molecular formula is C22H19Br2ClFNO2. The maximum absolute atomic E-state index is 13.2. The first-order valence-corrected chi connectivity index (χ1v) is 10.9. The molecule has 0 radical (unpaired) electrons. The Morgan fingerprint density at radius 3 is 2.45 bits per heavy atom. The van der Waals surface area contributed by atoms with Crippen molar-refractivity contribution in [3.8, 4) is 11.5 Å². The maximum Gasteiger partial charge on any atom is 0.175 e. The van der Waals surface area contributed by atoms with Gasteiger partial charge in [-0.05, 0) is 76.9 Å². The molecule has 3 aromatic rings. The molecule has 0 bridgehead atoms. The molecule has 29 heavy (non-hydrogen) atoms. The minimum absolute atomic E-state index is 0.203. The van der Waals surface area contributed by atoms with Crippen LogP contribution in [0.1, 0.15) is 18.1 Å². The number of hydrogen-bond acceptors (Lipinski definition) is 3. The molecule has 0 heterocycles. The Hall–Kier alpha value is -1.76. The summed E-state index contributed by atoms with van der Waals surface area (Å²) >= 11 is 13.1. The monoisotopic (exact) mass is 541 g/mol. The average Bonchev–Trinajstić information content (AvgIpc) is 2.68. The van der Waals surface area contributed by atoms with Gasteiger partial charge in [-0.15, -0.1) is 0 Å². The Bertz CT molecular complexity index is 983. The SMILES string of the molecule is CCOc1cc(CNc2ccc(Br)cc2)cc(Br)c1OCc1ccc(F)cc1Cl. The van der Waals surface area contributed by atoms with E-state index in [1.165, 1.54) is 12.1 Å². The zero-order valence-electron chi connectivity index (χ0n) is 15.6. The van der Waals surface area contributed by atoms with Gasteiger partial charge in [0.1, 0.15) is 12.4 Å². The Morgan fingerprint density at radius 1 is 1.00 bits per heavy atom. The summed E-state index contributed by atoms with van der Waals surface area (Å²) in [5.41, 5.74) is 2.76. The minimum atomic E-state index is -0.377. The third kappa shape index (κ3) is 6.11. The van der Waals surface area contributed by atoms with E-state index >= 15 is 0 Å². The van der Waals surface area contributed by atoms with E-state index in [1.807, 2.05) is 43.3 Å². The smallest absolute Gasteiger partial charge is 0.175 e. The molecule has 3 rings (SSSR count). The van der Waals surface area contributed by atoms with Crippen LogP contribution in [-0.2, 0) is 13.2 Å². The van der Waals surface area contributed by atoms with Crippen LogP contribution in [0.4, 0.5) is 10.1 Å². The summed E-state index contributed by atoms with van der Waals surface area (Å²) in [6.07, 6.45) is 0. The molecular weight excluding hydrogens is 525 g/mol. The summed E-state index contributed by atoms with van der Waals surface area (Å²) in [6.45, 7) is 3.25. The van der Waals surface area contributed by atoms with Crippen molar-refractivity contribution in [3.05, 3.63) is 85.5 Å². The van der Waals surface area contributed by atoms with Crippen molar-refractivity contribution in [2.45, 2.75) is 20.1 Å². The first kappa shape index (κ1) is 21.9. The lowest BCUT2D eigenvalue weighted by Crippen LogP contribution is -2.04. The van der Waals surface area contributed by atoms with Gasteiger partial charge >= 0.3 is 0 Å². The quantitative estimate of drug-likeness (QED) is 0.318. The molecule has 0 aromatic heterocycles. The van der Waals surface area contributed by atoms with Crippen LogP contribution in [0.3, 0.4) is 0 Å². The van der Waals surface area contributed by atoms with Crippen molar-refractivity contribution in [1.82, 2.24) is 0 Å². The second kappa shape index (κ2) is 10.3. The van der Waals surface area contributed by atoms with Gasteiger partial charge < -0.3 is 14.8 Å². The predicted octanol–water partition coefficient (Wildman–Crippen LogP) is 7.59. The number of rotatable bonds is 8. The normalized spacial score (nSPS) is 10.7. The van der Waals surface area contributed by atoms with Crippen LogP contribution in [0.15, 0.2) is 63.5 Å². The zero-order chi connectivity index (χ0) is 20.8. The number of ether oxygens (including phenoxy) is 2. The number of benzene rings is 3. The van der Waals surface area contributed by atoms with E-state index in [0.29, 0.717) is 35.2 Å². The Morgan fingerprint density at radius 2 is 1.76 bits per heavy atom. The van der Waals surface area contributed by atoms with Crippen molar-refractivity contribution in [1.29, 1.82) is 0 Å². The van der Waals surface area contributed by atoms with Crippen molar-refractivity contribution < 1.29 is 13.9 Å². The van der Waals surface area contributed by atoms with E-state index in [4.69, 9.17) is 21.1 Å². The van der Waals surface area contributed by atoms with Crippen LogP contribution in [0.25, 0.3) is 0 Å². The lowest BCUT2D eigenvalue weighted by atomic mass is 10.2. The highest BCUT2D eigenvalue weighted by Crippen LogP contribution is 2.38. The summed E-state index contributed by atoms with van der Waals surface area (Å²) in [7, 11) is 0. The highest BCUT2D eigenvalue weighted by molar-refractivity contribution is 9.10. The van der Waals surface area contributed by atoms with E-state index in [-0.39, 0.29) is 12.4 Å². The van der Waals surface area contributed by atoms with Crippen molar-refractivity contribution in [2.24, 2.45) is 0 Å². The Kier molecular flexibility index (Phi) is 7.81. The molecule has 0 aliphatic rings. The molecule has 0 aliphatic heterocycles. The van der Waals surface area contributed by atoms with E-state index in [1.54, 1.807) is 6.07 Å². The molecule has 3 aromatic carbocycles. The Balaban J connectivity index is 1.75. The van der Waals surface area contributed by atoms with Crippen LogP contribution in [0, 0.1) is 5.82 Å². The summed E-state index contributed by atoms with van der Waals surface area (Å²) in [6, 6.07) is 16.2. The lowest BCUT2D eigenvalue weighted by molar-refractivity contribution is 0.267. The molecule has 0 saturated heterocycles. The fourth-order valence-corrected chi connectivity index (χ4v) is 3.78. The van der Waals surface area contributed by atoms with Gasteiger partial charge in [0.2, 0.25) is 0 Å². The van der Waals surface area contributed by atoms with E-state index < -0.39 is 0 Å². The molecule has 0 atom stereocenters. The summed E-state index contributed by atoms with van der Waals surface area (Å²) in [5, 5.41) is 3.71. The third-order valence-corrected chi connectivity index (χ3v) is 5.57. The number of nitrogens with one attached hydrogen (secondary N) is 1.